The number of aryl methyl sites for hydroxylation is 1. The summed E-state index contributed by atoms with van der Waals surface area (Å²) in [4.78, 5) is 0. The SMILES string of the molecule is Cn1cc(NCc2cc(Cl)ccc2O)cn1. The highest BCUT2D eigenvalue weighted by Gasteiger charge is 2.02. The lowest BCUT2D eigenvalue weighted by molar-refractivity contribution is 0.469. The molecule has 5 heteroatoms. The Hall–Kier alpha value is -1.68. The predicted molar refractivity (Wildman–Crippen MR) is 63.7 cm³/mol. The molecular formula is C11H12ClN3O. The summed E-state index contributed by atoms with van der Waals surface area (Å²) in [7, 11) is 1.85. The summed E-state index contributed by atoms with van der Waals surface area (Å²) >= 11 is 5.85. The molecule has 1 aromatic heterocycles. The molecule has 0 spiro atoms. The lowest BCUT2D eigenvalue weighted by Gasteiger charge is -2.06. The molecule has 0 amide bonds. The molecule has 0 fully saturated rings. The van der Waals surface area contributed by atoms with Gasteiger partial charge in [-0.2, -0.15) is 5.10 Å². The van der Waals surface area contributed by atoms with Crippen LogP contribution in [0.3, 0.4) is 0 Å². The summed E-state index contributed by atoms with van der Waals surface area (Å²) in [6.45, 7) is 0.512. The highest BCUT2D eigenvalue weighted by atomic mass is 35.5. The molecule has 84 valence electrons. The summed E-state index contributed by atoms with van der Waals surface area (Å²) in [6.07, 6.45) is 3.59. The van der Waals surface area contributed by atoms with Crippen molar-refractivity contribution in [3.05, 3.63) is 41.2 Å². The molecular weight excluding hydrogens is 226 g/mol. The zero-order chi connectivity index (χ0) is 11.5. The Bertz CT molecular complexity index is 496. The number of phenolic OH excluding ortho intramolecular Hbond substituents is 1. The topological polar surface area (TPSA) is 50.1 Å². The van der Waals surface area contributed by atoms with Gasteiger partial charge in [0.15, 0.2) is 0 Å². The van der Waals surface area contributed by atoms with Gasteiger partial charge in [-0.3, -0.25) is 4.68 Å². The smallest absolute Gasteiger partial charge is 0.120 e. The lowest BCUT2D eigenvalue weighted by Crippen LogP contribution is -1.98. The zero-order valence-electron chi connectivity index (χ0n) is 8.81. The van der Waals surface area contributed by atoms with E-state index in [1.807, 2.05) is 13.2 Å². The number of anilines is 1. The molecule has 0 unspecified atom stereocenters. The average molecular weight is 238 g/mol. The maximum atomic E-state index is 9.60. The minimum atomic E-state index is 0.237. The van der Waals surface area contributed by atoms with E-state index in [1.165, 1.54) is 0 Å². The van der Waals surface area contributed by atoms with E-state index >= 15 is 0 Å². The van der Waals surface area contributed by atoms with Crippen LogP contribution in [0.5, 0.6) is 5.75 Å². The fraction of sp³-hybridized carbons (Fsp3) is 0.182. The molecule has 2 aromatic rings. The van der Waals surface area contributed by atoms with Crippen molar-refractivity contribution >= 4 is 17.3 Å². The molecule has 0 aliphatic carbocycles. The summed E-state index contributed by atoms with van der Waals surface area (Å²) in [6, 6.07) is 4.98. The second kappa shape index (κ2) is 4.45. The van der Waals surface area contributed by atoms with Crippen molar-refractivity contribution in [2.45, 2.75) is 6.54 Å². The van der Waals surface area contributed by atoms with Crippen LogP contribution in [0.15, 0.2) is 30.6 Å². The van der Waals surface area contributed by atoms with Crippen molar-refractivity contribution < 1.29 is 5.11 Å². The lowest BCUT2D eigenvalue weighted by atomic mass is 10.2. The van der Waals surface area contributed by atoms with E-state index in [9.17, 15) is 5.11 Å². The van der Waals surface area contributed by atoms with Crippen LogP contribution in [0, 0.1) is 0 Å². The van der Waals surface area contributed by atoms with Crippen molar-refractivity contribution in [1.29, 1.82) is 0 Å². The number of hydrogen-bond acceptors (Lipinski definition) is 3. The molecule has 2 N–H and O–H groups in total. The van der Waals surface area contributed by atoms with Gasteiger partial charge < -0.3 is 10.4 Å². The van der Waals surface area contributed by atoms with Crippen LogP contribution in [-0.2, 0) is 13.6 Å². The number of hydrogen-bond donors (Lipinski definition) is 2. The quantitative estimate of drug-likeness (QED) is 0.862. The Kier molecular flexibility index (Phi) is 3.01. The van der Waals surface area contributed by atoms with E-state index in [0.717, 1.165) is 11.3 Å². The number of benzene rings is 1. The normalized spacial score (nSPS) is 10.4. The first kappa shape index (κ1) is 10.8. The first-order valence-electron chi connectivity index (χ1n) is 4.85. The van der Waals surface area contributed by atoms with E-state index in [1.54, 1.807) is 29.1 Å². The molecule has 16 heavy (non-hydrogen) atoms. The average Bonchev–Trinajstić information content (AvgIpc) is 2.66. The van der Waals surface area contributed by atoms with Gasteiger partial charge in [0.05, 0.1) is 11.9 Å². The van der Waals surface area contributed by atoms with Crippen LogP contribution in [-0.4, -0.2) is 14.9 Å². The monoisotopic (exact) mass is 237 g/mol. The van der Waals surface area contributed by atoms with Gasteiger partial charge in [-0.1, -0.05) is 11.6 Å². The van der Waals surface area contributed by atoms with Gasteiger partial charge in [-0.25, -0.2) is 0 Å². The number of halogens is 1. The molecule has 0 saturated heterocycles. The Morgan fingerprint density at radius 2 is 2.31 bits per heavy atom. The summed E-state index contributed by atoms with van der Waals surface area (Å²) in [5.41, 5.74) is 1.67. The Morgan fingerprint density at radius 3 is 3.00 bits per heavy atom. The number of nitrogens with zero attached hydrogens (tertiary/aromatic N) is 2. The van der Waals surface area contributed by atoms with Gasteiger partial charge in [0.25, 0.3) is 0 Å². The Morgan fingerprint density at radius 1 is 1.50 bits per heavy atom. The van der Waals surface area contributed by atoms with E-state index in [4.69, 9.17) is 11.6 Å². The molecule has 1 aromatic carbocycles. The Labute approximate surface area is 98.5 Å². The second-order valence-corrected chi connectivity index (χ2v) is 3.97. The summed E-state index contributed by atoms with van der Waals surface area (Å²) in [5.74, 6) is 0.237. The molecule has 0 aliphatic heterocycles. The number of aromatic hydroxyl groups is 1. The van der Waals surface area contributed by atoms with Crippen LogP contribution in [0.1, 0.15) is 5.56 Å². The first-order valence-corrected chi connectivity index (χ1v) is 5.23. The maximum absolute atomic E-state index is 9.60. The molecule has 0 saturated carbocycles. The van der Waals surface area contributed by atoms with Crippen LogP contribution in [0.25, 0.3) is 0 Å². The second-order valence-electron chi connectivity index (χ2n) is 3.53. The third kappa shape index (κ3) is 2.46. The molecule has 0 aliphatic rings. The molecule has 4 nitrogen and oxygen atoms in total. The minimum Gasteiger partial charge on any atom is -0.508 e. The Balaban J connectivity index is 2.07. The number of rotatable bonds is 3. The number of aromatic nitrogens is 2. The van der Waals surface area contributed by atoms with Gasteiger partial charge >= 0.3 is 0 Å². The van der Waals surface area contributed by atoms with E-state index < -0.39 is 0 Å². The number of phenols is 1. The summed E-state index contributed by atoms with van der Waals surface area (Å²) in [5, 5.41) is 17.4. The fourth-order valence-electron chi connectivity index (χ4n) is 1.41. The van der Waals surface area contributed by atoms with Crippen molar-refractivity contribution in [1.82, 2.24) is 9.78 Å². The summed E-state index contributed by atoms with van der Waals surface area (Å²) < 4.78 is 1.71. The van der Waals surface area contributed by atoms with Crippen LogP contribution >= 0.6 is 11.6 Å². The predicted octanol–water partition coefficient (Wildman–Crippen LogP) is 2.39. The van der Waals surface area contributed by atoms with E-state index in [0.29, 0.717) is 11.6 Å². The van der Waals surface area contributed by atoms with Crippen molar-refractivity contribution in [2.24, 2.45) is 7.05 Å². The molecule has 1 heterocycles. The standard InChI is InChI=1S/C11H12ClN3O/c1-15-7-10(6-14-15)13-5-8-4-9(12)2-3-11(8)16/h2-4,6-7,13,16H,5H2,1H3. The van der Waals surface area contributed by atoms with Gasteiger partial charge in [-0.15, -0.1) is 0 Å². The minimum absolute atomic E-state index is 0.237. The van der Waals surface area contributed by atoms with Gasteiger partial charge in [0, 0.05) is 30.4 Å². The number of nitrogens with one attached hydrogen (secondary N) is 1. The molecule has 0 bridgehead atoms. The van der Waals surface area contributed by atoms with Crippen LogP contribution in [0.4, 0.5) is 5.69 Å². The van der Waals surface area contributed by atoms with E-state index in [-0.39, 0.29) is 5.75 Å². The first-order chi connectivity index (χ1) is 7.65. The third-order valence-electron chi connectivity index (χ3n) is 2.23. The largest absolute Gasteiger partial charge is 0.508 e. The zero-order valence-corrected chi connectivity index (χ0v) is 9.57. The highest BCUT2D eigenvalue weighted by Crippen LogP contribution is 2.22. The van der Waals surface area contributed by atoms with Gasteiger partial charge in [-0.05, 0) is 18.2 Å². The van der Waals surface area contributed by atoms with Crippen molar-refractivity contribution in [2.75, 3.05) is 5.32 Å². The van der Waals surface area contributed by atoms with Crippen LogP contribution < -0.4 is 5.32 Å². The fourth-order valence-corrected chi connectivity index (χ4v) is 1.60. The molecule has 2 rings (SSSR count). The van der Waals surface area contributed by atoms with Crippen LogP contribution in [0.2, 0.25) is 5.02 Å². The molecule has 0 atom stereocenters. The third-order valence-corrected chi connectivity index (χ3v) is 2.46. The van der Waals surface area contributed by atoms with E-state index in [2.05, 4.69) is 10.4 Å². The van der Waals surface area contributed by atoms with Crippen molar-refractivity contribution in [3.63, 3.8) is 0 Å². The van der Waals surface area contributed by atoms with Gasteiger partial charge in [0.1, 0.15) is 5.75 Å². The van der Waals surface area contributed by atoms with Gasteiger partial charge in [0.2, 0.25) is 0 Å². The highest BCUT2D eigenvalue weighted by molar-refractivity contribution is 6.30. The van der Waals surface area contributed by atoms with Crippen molar-refractivity contribution in [3.8, 4) is 5.75 Å². The molecule has 0 radical (unpaired) electrons. The maximum Gasteiger partial charge on any atom is 0.120 e.